The number of carbonyl (C=O) groups is 1. The van der Waals surface area contributed by atoms with Crippen LogP contribution in [0.5, 0.6) is 0 Å². The van der Waals surface area contributed by atoms with E-state index in [4.69, 9.17) is 9.47 Å². The molecule has 2 aromatic carbocycles. The van der Waals surface area contributed by atoms with Gasteiger partial charge in [0.15, 0.2) is 0 Å². The van der Waals surface area contributed by atoms with Gasteiger partial charge in [0.1, 0.15) is 0 Å². The molecule has 1 heterocycles. The largest absolute Gasteiger partial charge is 0.383 e. The lowest BCUT2D eigenvalue weighted by atomic mass is 10.0. The number of morpholine rings is 1. The summed E-state index contributed by atoms with van der Waals surface area (Å²) in [6.45, 7) is 5.18. The molecule has 1 fully saturated rings. The third-order valence-corrected chi connectivity index (χ3v) is 5.45. The number of likely N-dealkylation sites (N-methyl/N-ethyl adjacent to an activating group) is 1. The number of benzene rings is 2. The number of carbonyl (C=O) groups excluding carboxylic acids is 1. The minimum absolute atomic E-state index is 0.0841. The van der Waals surface area contributed by atoms with Gasteiger partial charge in [-0.3, -0.25) is 4.79 Å². The Kier molecular flexibility index (Phi) is 8.68. The van der Waals surface area contributed by atoms with Crippen molar-refractivity contribution in [1.82, 2.24) is 10.2 Å². The number of ether oxygens (including phenoxy) is 2. The van der Waals surface area contributed by atoms with Crippen molar-refractivity contribution in [2.45, 2.75) is 19.0 Å². The topological polar surface area (TPSA) is 54.0 Å². The van der Waals surface area contributed by atoms with E-state index in [9.17, 15) is 4.79 Å². The fourth-order valence-corrected chi connectivity index (χ4v) is 3.59. The van der Waals surface area contributed by atoms with Crippen molar-refractivity contribution in [3.8, 4) is 0 Å². The third kappa shape index (κ3) is 6.55. The van der Waals surface area contributed by atoms with Crippen LogP contribution in [0.15, 0.2) is 54.6 Å². The molecule has 1 aliphatic heterocycles. The van der Waals surface area contributed by atoms with E-state index in [1.165, 1.54) is 5.69 Å². The van der Waals surface area contributed by atoms with Crippen molar-refractivity contribution in [1.29, 1.82) is 0 Å². The Bertz CT molecular complexity index is 761. The summed E-state index contributed by atoms with van der Waals surface area (Å²) in [5.74, 6) is 0.0841. The zero-order valence-corrected chi connectivity index (χ0v) is 18.0. The van der Waals surface area contributed by atoms with E-state index in [2.05, 4.69) is 46.6 Å². The van der Waals surface area contributed by atoms with Crippen molar-refractivity contribution in [2.24, 2.45) is 0 Å². The highest BCUT2D eigenvalue weighted by molar-refractivity contribution is 5.82. The fourth-order valence-electron chi connectivity index (χ4n) is 3.59. The van der Waals surface area contributed by atoms with E-state index in [-0.39, 0.29) is 11.9 Å². The molecule has 0 bridgehead atoms. The van der Waals surface area contributed by atoms with Gasteiger partial charge in [0, 0.05) is 46.0 Å². The van der Waals surface area contributed by atoms with Crippen molar-refractivity contribution in [3.63, 3.8) is 0 Å². The quantitative estimate of drug-likeness (QED) is 0.650. The average Bonchev–Trinajstić information content (AvgIpc) is 2.81. The Labute approximate surface area is 179 Å². The van der Waals surface area contributed by atoms with Gasteiger partial charge in [-0.05, 0) is 29.7 Å². The number of methoxy groups -OCH3 is 1. The molecule has 2 aromatic rings. The molecule has 6 heteroatoms. The van der Waals surface area contributed by atoms with E-state index in [0.717, 1.165) is 37.4 Å². The molecule has 30 heavy (non-hydrogen) atoms. The SMILES string of the molecule is COCCN(C)C(=O)C(Cc1ccccc1)NCc1ccc(N2CCOCC2)cc1. The predicted molar refractivity (Wildman–Crippen MR) is 120 cm³/mol. The number of anilines is 1. The van der Waals surface area contributed by atoms with Crippen LogP contribution in [-0.2, 0) is 27.2 Å². The maximum Gasteiger partial charge on any atom is 0.239 e. The number of nitrogens with zero attached hydrogens (tertiary/aromatic N) is 2. The molecule has 1 N–H and O–H groups in total. The predicted octanol–water partition coefficient (Wildman–Crippen LogP) is 2.33. The number of hydrogen-bond donors (Lipinski definition) is 1. The first kappa shape index (κ1) is 22.3. The molecule has 1 atom stereocenters. The molecule has 0 radical (unpaired) electrons. The highest BCUT2D eigenvalue weighted by Gasteiger charge is 2.22. The maximum absolute atomic E-state index is 13.0. The minimum Gasteiger partial charge on any atom is -0.383 e. The maximum atomic E-state index is 13.0. The minimum atomic E-state index is -0.284. The monoisotopic (exact) mass is 411 g/mol. The van der Waals surface area contributed by atoms with E-state index >= 15 is 0 Å². The summed E-state index contributed by atoms with van der Waals surface area (Å²) in [5, 5.41) is 3.48. The molecule has 1 amide bonds. The van der Waals surface area contributed by atoms with Crippen LogP contribution in [0.1, 0.15) is 11.1 Å². The molecule has 0 spiro atoms. The molecular formula is C24H33N3O3. The number of amides is 1. The highest BCUT2D eigenvalue weighted by atomic mass is 16.5. The van der Waals surface area contributed by atoms with Crippen LogP contribution in [-0.4, -0.2) is 70.5 Å². The highest BCUT2D eigenvalue weighted by Crippen LogP contribution is 2.17. The summed E-state index contributed by atoms with van der Waals surface area (Å²) in [5.41, 5.74) is 3.53. The van der Waals surface area contributed by atoms with Crippen molar-refractivity contribution >= 4 is 11.6 Å². The lowest BCUT2D eigenvalue weighted by Gasteiger charge is -2.29. The van der Waals surface area contributed by atoms with Gasteiger partial charge >= 0.3 is 0 Å². The van der Waals surface area contributed by atoms with Crippen LogP contribution in [0, 0.1) is 0 Å². The third-order valence-electron chi connectivity index (χ3n) is 5.45. The molecule has 6 nitrogen and oxygen atoms in total. The van der Waals surface area contributed by atoms with E-state index in [1.807, 2.05) is 25.2 Å². The van der Waals surface area contributed by atoms with Gasteiger partial charge in [-0.25, -0.2) is 0 Å². The number of hydrogen-bond acceptors (Lipinski definition) is 5. The van der Waals surface area contributed by atoms with Crippen LogP contribution < -0.4 is 10.2 Å². The number of rotatable bonds is 10. The Morgan fingerprint density at radius 1 is 1.10 bits per heavy atom. The van der Waals surface area contributed by atoms with Crippen LogP contribution in [0.25, 0.3) is 0 Å². The summed E-state index contributed by atoms with van der Waals surface area (Å²) in [6.07, 6.45) is 0.656. The molecule has 1 saturated heterocycles. The van der Waals surface area contributed by atoms with Crippen molar-refractivity contribution in [3.05, 3.63) is 65.7 Å². The standard InChI is InChI=1S/C24H33N3O3/c1-26(12-15-29-2)24(28)23(18-20-6-4-3-5-7-20)25-19-21-8-10-22(11-9-21)27-13-16-30-17-14-27/h3-11,23,25H,12-19H2,1-2H3. The summed E-state index contributed by atoms with van der Waals surface area (Å²) < 4.78 is 10.6. The van der Waals surface area contributed by atoms with Gasteiger partial charge in [-0.1, -0.05) is 42.5 Å². The first-order valence-electron chi connectivity index (χ1n) is 10.6. The molecule has 1 aliphatic rings. The van der Waals surface area contributed by atoms with Gasteiger partial charge in [0.2, 0.25) is 5.91 Å². The van der Waals surface area contributed by atoms with E-state index in [0.29, 0.717) is 26.1 Å². The van der Waals surface area contributed by atoms with Gasteiger partial charge in [0.25, 0.3) is 0 Å². The molecular weight excluding hydrogens is 378 g/mol. The van der Waals surface area contributed by atoms with Crippen LogP contribution in [0.3, 0.4) is 0 Å². The molecule has 0 aliphatic carbocycles. The Balaban J connectivity index is 1.62. The van der Waals surface area contributed by atoms with Gasteiger partial charge in [-0.15, -0.1) is 0 Å². The van der Waals surface area contributed by atoms with Gasteiger partial charge < -0.3 is 24.6 Å². The summed E-state index contributed by atoms with van der Waals surface area (Å²) in [7, 11) is 3.48. The molecule has 0 aromatic heterocycles. The zero-order chi connectivity index (χ0) is 21.2. The molecule has 1 unspecified atom stereocenters. The van der Waals surface area contributed by atoms with E-state index < -0.39 is 0 Å². The second kappa shape index (κ2) is 11.7. The van der Waals surface area contributed by atoms with Crippen molar-refractivity contribution in [2.75, 3.05) is 58.5 Å². The summed E-state index contributed by atoms with van der Waals surface area (Å²) in [6, 6.07) is 18.4. The Morgan fingerprint density at radius 2 is 1.80 bits per heavy atom. The van der Waals surface area contributed by atoms with Crippen LogP contribution in [0.2, 0.25) is 0 Å². The molecule has 0 saturated carbocycles. The van der Waals surface area contributed by atoms with Gasteiger partial charge in [-0.2, -0.15) is 0 Å². The van der Waals surface area contributed by atoms with Crippen LogP contribution >= 0.6 is 0 Å². The normalized spacial score (nSPS) is 15.1. The zero-order valence-electron chi connectivity index (χ0n) is 18.0. The van der Waals surface area contributed by atoms with Crippen molar-refractivity contribution < 1.29 is 14.3 Å². The number of nitrogens with one attached hydrogen (secondary N) is 1. The average molecular weight is 412 g/mol. The molecule has 3 rings (SSSR count). The van der Waals surface area contributed by atoms with Crippen LogP contribution in [0.4, 0.5) is 5.69 Å². The smallest absolute Gasteiger partial charge is 0.239 e. The fraction of sp³-hybridized carbons (Fsp3) is 0.458. The first-order chi connectivity index (χ1) is 14.7. The first-order valence-corrected chi connectivity index (χ1v) is 10.6. The van der Waals surface area contributed by atoms with Gasteiger partial charge in [0.05, 0.1) is 25.9 Å². The summed E-state index contributed by atoms with van der Waals surface area (Å²) in [4.78, 5) is 17.1. The lowest BCUT2D eigenvalue weighted by Crippen LogP contribution is -2.46. The lowest BCUT2D eigenvalue weighted by molar-refractivity contribution is -0.132. The summed E-state index contributed by atoms with van der Waals surface area (Å²) >= 11 is 0. The molecule has 162 valence electrons. The Hall–Kier alpha value is -2.41. The second-order valence-corrected chi connectivity index (χ2v) is 7.64. The van der Waals surface area contributed by atoms with E-state index in [1.54, 1.807) is 12.0 Å². The second-order valence-electron chi connectivity index (χ2n) is 7.64. The Morgan fingerprint density at radius 3 is 2.47 bits per heavy atom.